The van der Waals surface area contributed by atoms with Crippen molar-refractivity contribution in [3.63, 3.8) is 0 Å². The summed E-state index contributed by atoms with van der Waals surface area (Å²) in [4.78, 5) is 13.3. The SMILES string of the molecule is CC(CN)(NC(=O)CCSc1ccc2c(c1)OCCCO2)C1CC1.Cl. The minimum absolute atomic E-state index is 0. The molecule has 1 aromatic rings. The van der Waals surface area contributed by atoms with Crippen molar-refractivity contribution in [1.29, 1.82) is 0 Å². The van der Waals surface area contributed by atoms with Gasteiger partial charge < -0.3 is 20.5 Å². The smallest absolute Gasteiger partial charge is 0.221 e. The Morgan fingerprint density at radius 2 is 2.04 bits per heavy atom. The van der Waals surface area contributed by atoms with Crippen molar-refractivity contribution in [1.82, 2.24) is 5.32 Å². The third kappa shape index (κ3) is 5.43. The summed E-state index contributed by atoms with van der Waals surface area (Å²) >= 11 is 1.66. The minimum Gasteiger partial charge on any atom is -0.490 e. The molecule has 0 saturated heterocycles. The number of nitrogens with one attached hydrogen (secondary N) is 1. The fourth-order valence-electron chi connectivity index (χ4n) is 2.92. The molecule has 0 spiro atoms. The maximum Gasteiger partial charge on any atom is 0.221 e. The molecule has 3 rings (SSSR count). The van der Waals surface area contributed by atoms with Gasteiger partial charge in [-0.25, -0.2) is 0 Å². The van der Waals surface area contributed by atoms with Gasteiger partial charge in [0.1, 0.15) is 0 Å². The van der Waals surface area contributed by atoms with Gasteiger partial charge in [0.2, 0.25) is 5.91 Å². The molecule has 25 heavy (non-hydrogen) atoms. The molecule has 7 heteroatoms. The maximum absolute atomic E-state index is 12.2. The van der Waals surface area contributed by atoms with Crippen LogP contribution in [0.3, 0.4) is 0 Å². The first-order chi connectivity index (χ1) is 11.6. The number of hydrogen-bond acceptors (Lipinski definition) is 5. The molecule has 1 fully saturated rings. The Morgan fingerprint density at radius 1 is 1.32 bits per heavy atom. The summed E-state index contributed by atoms with van der Waals surface area (Å²) in [5.74, 6) is 2.96. The molecule has 0 aromatic heterocycles. The van der Waals surface area contributed by atoms with Gasteiger partial charge in [0, 0.05) is 30.0 Å². The van der Waals surface area contributed by atoms with E-state index in [9.17, 15) is 4.79 Å². The molecule has 2 aliphatic rings. The monoisotopic (exact) mass is 386 g/mol. The lowest BCUT2D eigenvalue weighted by atomic mass is 9.96. The Morgan fingerprint density at radius 3 is 2.72 bits per heavy atom. The van der Waals surface area contributed by atoms with Crippen LogP contribution in [0.25, 0.3) is 0 Å². The van der Waals surface area contributed by atoms with Crippen LogP contribution in [0, 0.1) is 5.92 Å². The van der Waals surface area contributed by atoms with Crippen LogP contribution in [0.2, 0.25) is 0 Å². The second-order valence-electron chi connectivity index (χ2n) is 6.70. The van der Waals surface area contributed by atoms with Crippen LogP contribution in [0.1, 0.15) is 32.6 Å². The van der Waals surface area contributed by atoms with Crippen molar-refractivity contribution < 1.29 is 14.3 Å². The lowest BCUT2D eigenvalue weighted by Gasteiger charge is -2.29. The molecule has 1 aliphatic heterocycles. The number of nitrogens with two attached hydrogens (primary N) is 1. The Balaban J connectivity index is 0.00000225. The quantitative estimate of drug-likeness (QED) is 0.704. The Hall–Kier alpha value is -1.11. The molecule has 0 bridgehead atoms. The molecule has 140 valence electrons. The molecule has 1 heterocycles. The third-order valence-electron chi connectivity index (χ3n) is 4.64. The zero-order valence-electron chi connectivity index (χ0n) is 14.6. The van der Waals surface area contributed by atoms with Crippen molar-refractivity contribution in [3.05, 3.63) is 18.2 Å². The number of amides is 1. The first-order valence-electron chi connectivity index (χ1n) is 8.64. The van der Waals surface area contributed by atoms with Crippen LogP contribution >= 0.6 is 24.2 Å². The number of carbonyl (C=O) groups excluding carboxylic acids is 1. The van der Waals surface area contributed by atoms with E-state index in [0.29, 0.717) is 32.1 Å². The van der Waals surface area contributed by atoms with Gasteiger partial charge in [-0.15, -0.1) is 24.2 Å². The van der Waals surface area contributed by atoms with Crippen LogP contribution in [0.5, 0.6) is 11.5 Å². The molecule has 0 radical (unpaired) electrons. The predicted octanol–water partition coefficient (Wildman–Crippen LogP) is 3.00. The number of hydrogen-bond donors (Lipinski definition) is 2. The highest BCUT2D eigenvalue weighted by Crippen LogP contribution is 2.39. The van der Waals surface area contributed by atoms with Crippen molar-refractivity contribution in [3.8, 4) is 11.5 Å². The number of fused-ring (bicyclic) bond motifs is 1. The Bertz CT molecular complexity index is 598. The average Bonchev–Trinajstić information content (AvgIpc) is 3.41. The van der Waals surface area contributed by atoms with Crippen LogP contribution in [-0.4, -0.2) is 37.0 Å². The topological polar surface area (TPSA) is 73.6 Å². The molecular weight excluding hydrogens is 360 g/mol. The summed E-state index contributed by atoms with van der Waals surface area (Å²) in [5, 5.41) is 3.13. The summed E-state index contributed by atoms with van der Waals surface area (Å²) in [5.41, 5.74) is 5.61. The fourth-order valence-corrected chi connectivity index (χ4v) is 3.79. The van der Waals surface area contributed by atoms with Crippen LogP contribution < -0.4 is 20.5 Å². The van der Waals surface area contributed by atoms with Gasteiger partial charge in [0.15, 0.2) is 11.5 Å². The van der Waals surface area contributed by atoms with Gasteiger partial charge >= 0.3 is 0 Å². The first kappa shape index (κ1) is 20.2. The van der Waals surface area contributed by atoms with Crippen LogP contribution in [0.4, 0.5) is 0 Å². The second-order valence-corrected chi connectivity index (χ2v) is 7.87. The van der Waals surface area contributed by atoms with Gasteiger partial charge in [-0.05, 0) is 43.9 Å². The summed E-state index contributed by atoms with van der Waals surface area (Å²) in [6.07, 6.45) is 3.72. The van der Waals surface area contributed by atoms with Crippen molar-refractivity contribution >= 4 is 30.1 Å². The molecule has 1 saturated carbocycles. The lowest BCUT2D eigenvalue weighted by Crippen LogP contribution is -2.53. The number of carbonyl (C=O) groups is 1. The maximum atomic E-state index is 12.2. The summed E-state index contributed by atoms with van der Waals surface area (Å²) < 4.78 is 11.3. The van der Waals surface area contributed by atoms with Crippen LogP contribution in [0.15, 0.2) is 23.1 Å². The minimum atomic E-state index is -0.239. The van der Waals surface area contributed by atoms with Crippen molar-refractivity contribution in [2.24, 2.45) is 11.7 Å². The molecular formula is C18H27ClN2O3S. The molecule has 1 aliphatic carbocycles. The number of thioether (sulfide) groups is 1. The Kier molecular flexibility index (Phi) is 7.28. The molecule has 1 atom stereocenters. The molecule has 1 aromatic carbocycles. The number of benzene rings is 1. The van der Waals surface area contributed by atoms with E-state index in [1.807, 2.05) is 18.2 Å². The van der Waals surface area contributed by atoms with Crippen molar-refractivity contribution in [2.45, 2.75) is 43.0 Å². The zero-order chi connectivity index (χ0) is 17.0. The van der Waals surface area contributed by atoms with Crippen LogP contribution in [-0.2, 0) is 4.79 Å². The normalized spacial score (nSPS) is 18.5. The number of rotatable bonds is 7. The standard InChI is InChI=1S/C18H26N2O3S.ClH/c1-18(12-19,13-3-4-13)20-17(21)7-10-24-14-5-6-15-16(11-14)23-9-2-8-22-15;/h5-6,11,13H,2-4,7-10,12,19H2,1H3,(H,20,21);1H. The lowest BCUT2D eigenvalue weighted by molar-refractivity contribution is -0.122. The molecule has 1 unspecified atom stereocenters. The van der Waals surface area contributed by atoms with E-state index >= 15 is 0 Å². The number of ether oxygens (including phenoxy) is 2. The largest absolute Gasteiger partial charge is 0.490 e. The number of halogens is 1. The van der Waals surface area contributed by atoms with E-state index in [1.165, 1.54) is 12.8 Å². The Labute approximate surface area is 159 Å². The fraction of sp³-hybridized carbons (Fsp3) is 0.611. The van der Waals surface area contributed by atoms with E-state index in [0.717, 1.165) is 28.6 Å². The van der Waals surface area contributed by atoms with Crippen molar-refractivity contribution in [2.75, 3.05) is 25.5 Å². The molecule has 1 amide bonds. The third-order valence-corrected chi connectivity index (χ3v) is 5.64. The van der Waals surface area contributed by atoms with E-state index in [-0.39, 0.29) is 23.9 Å². The van der Waals surface area contributed by atoms with E-state index in [1.54, 1.807) is 11.8 Å². The predicted molar refractivity (Wildman–Crippen MR) is 103 cm³/mol. The van der Waals surface area contributed by atoms with E-state index < -0.39 is 0 Å². The zero-order valence-corrected chi connectivity index (χ0v) is 16.2. The second kappa shape index (κ2) is 9.01. The summed E-state index contributed by atoms with van der Waals surface area (Å²) in [7, 11) is 0. The average molecular weight is 387 g/mol. The summed E-state index contributed by atoms with van der Waals surface area (Å²) in [6.45, 7) is 3.93. The van der Waals surface area contributed by atoms with Gasteiger partial charge in [0.25, 0.3) is 0 Å². The van der Waals surface area contributed by atoms with E-state index in [2.05, 4.69) is 12.2 Å². The highest BCUT2D eigenvalue weighted by molar-refractivity contribution is 7.99. The molecule has 3 N–H and O–H groups in total. The van der Waals surface area contributed by atoms with Gasteiger partial charge in [-0.2, -0.15) is 0 Å². The van der Waals surface area contributed by atoms with Gasteiger partial charge in [-0.1, -0.05) is 0 Å². The van der Waals surface area contributed by atoms with Gasteiger partial charge in [0.05, 0.1) is 18.8 Å². The van der Waals surface area contributed by atoms with Gasteiger partial charge in [-0.3, -0.25) is 4.79 Å². The highest BCUT2D eigenvalue weighted by Gasteiger charge is 2.41. The first-order valence-corrected chi connectivity index (χ1v) is 9.63. The highest BCUT2D eigenvalue weighted by atomic mass is 35.5. The summed E-state index contributed by atoms with van der Waals surface area (Å²) in [6, 6.07) is 5.96. The van der Waals surface area contributed by atoms with E-state index in [4.69, 9.17) is 15.2 Å². The molecule has 5 nitrogen and oxygen atoms in total.